The van der Waals surface area contributed by atoms with Gasteiger partial charge in [0.05, 0.1) is 19.0 Å². The molecule has 1 aliphatic rings. The molecule has 5 heteroatoms. The Morgan fingerprint density at radius 3 is 2.64 bits per heavy atom. The molecule has 0 fully saturated rings. The Bertz CT molecular complexity index is 164. The number of aliphatic imine (C=N–C) groups is 1. The molecule has 1 aliphatic heterocycles. The molecule has 1 rings (SSSR count). The molecule has 0 saturated carbocycles. The molecule has 0 aliphatic carbocycles. The lowest BCUT2D eigenvalue weighted by Gasteiger charge is -2.10. The van der Waals surface area contributed by atoms with Crippen molar-refractivity contribution in [3.05, 3.63) is 6.54 Å². The number of rotatable bonds is 1. The molecule has 11 heavy (non-hydrogen) atoms. The van der Waals surface area contributed by atoms with Crippen molar-refractivity contribution in [1.82, 2.24) is 4.90 Å². The molecule has 2 radical (unpaired) electrons. The van der Waals surface area contributed by atoms with E-state index in [0.717, 1.165) is 0 Å². The van der Waals surface area contributed by atoms with Gasteiger partial charge in [0.2, 0.25) is 0 Å². The predicted molar refractivity (Wildman–Crippen MR) is 34.0 cm³/mol. The summed E-state index contributed by atoms with van der Waals surface area (Å²) in [4.78, 5) is 4.90. The highest BCUT2D eigenvalue weighted by molar-refractivity contribution is 5.59. The average molecular weight is 164 g/mol. The largest absolute Gasteiger partial charge is 0.391 e. The lowest BCUT2D eigenvalue weighted by atomic mass is 10.2. The van der Waals surface area contributed by atoms with Crippen LogP contribution in [0.3, 0.4) is 0 Å². The van der Waals surface area contributed by atoms with Crippen molar-refractivity contribution in [2.45, 2.75) is 18.6 Å². The van der Waals surface area contributed by atoms with E-state index in [1.54, 1.807) is 7.05 Å². The second-order valence-corrected chi connectivity index (χ2v) is 2.38. The van der Waals surface area contributed by atoms with Crippen LogP contribution in [0.5, 0.6) is 0 Å². The Labute approximate surface area is 62.7 Å². The number of halogens is 3. The zero-order valence-corrected chi connectivity index (χ0v) is 5.89. The van der Waals surface area contributed by atoms with Gasteiger partial charge in [0.1, 0.15) is 0 Å². The SMILES string of the molecule is CN1[C]=NC(CC(F)(F)F)[CH]1. The highest BCUT2D eigenvalue weighted by Crippen LogP contribution is 2.25. The minimum absolute atomic E-state index is 0.778. The van der Waals surface area contributed by atoms with Crippen molar-refractivity contribution < 1.29 is 13.2 Å². The summed E-state index contributed by atoms with van der Waals surface area (Å²) in [6.45, 7) is 1.38. The topological polar surface area (TPSA) is 15.6 Å². The molecule has 62 valence electrons. The molecule has 1 atom stereocenters. The van der Waals surface area contributed by atoms with E-state index in [-0.39, 0.29) is 0 Å². The van der Waals surface area contributed by atoms with E-state index in [1.165, 1.54) is 11.4 Å². The van der Waals surface area contributed by atoms with Gasteiger partial charge in [-0.05, 0) is 0 Å². The fourth-order valence-electron chi connectivity index (χ4n) is 0.825. The molecule has 0 aromatic rings. The summed E-state index contributed by atoms with van der Waals surface area (Å²) in [5.41, 5.74) is 0. The van der Waals surface area contributed by atoms with Gasteiger partial charge in [-0.1, -0.05) is 0 Å². The summed E-state index contributed by atoms with van der Waals surface area (Å²) in [7, 11) is 1.60. The highest BCUT2D eigenvalue weighted by atomic mass is 19.4. The molecule has 0 N–H and O–H groups in total. The molecule has 2 nitrogen and oxygen atoms in total. The molecule has 0 saturated heterocycles. The fraction of sp³-hybridized carbons (Fsp3) is 0.667. The average Bonchev–Trinajstić information content (AvgIpc) is 2.10. The molecule has 0 aromatic heterocycles. The van der Waals surface area contributed by atoms with Gasteiger partial charge in [0.25, 0.3) is 0 Å². The smallest absolute Gasteiger partial charge is 0.350 e. The molecule has 1 heterocycles. The summed E-state index contributed by atoms with van der Waals surface area (Å²) in [5, 5.41) is 0. The number of hydrogen-bond donors (Lipinski definition) is 0. The quantitative estimate of drug-likeness (QED) is 0.570. The number of hydrogen-bond acceptors (Lipinski definition) is 2. The van der Waals surface area contributed by atoms with Gasteiger partial charge >= 0.3 is 6.18 Å². The zero-order valence-electron chi connectivity index (χ0n) is 5.89. The first-order chi connectivity index (χ1) is 4.97. The first-order valence-electron chi connectivity index (χ1n) is 3.07. The van der Waals surface area contributed by atoms with Crippen LogP contribution in [0.1, 0.15) is 6.42 Å². The van der Waals surface area contributed by atoms with Crippen LogP contribution < -0.4 is 0 Å². The first-order valence-corrected chi connectivity index (χ1v) is 3.07. The van der Waals surface area contributed by atoms with Crippen molar-refractivity contribution in [2.75, 3.05) is 7.05 Å². The second kappa shape index (κ2) is 2.71. The normalized spacial score (nSPS) is 24.7. The van der Waals surface area contributed by atoms with Gasteiger partial charge < -0.3 is 4.90 Å². The Kier molecular flexibility index (Phi) is 2.06. The Balaban J connectivity index is 2.36. The maximum atomic E-state index is 11.7. The van der Waals surface area contributed by atoms with Crippen molar-refractivity contribution in [1.29, 1.82) is 0 Å². The number of alkyl halides is 3. The Hall–Kier alpha value is -0.740. The zero-order chi connectivity index (χ0) is 8.48. The minimum Gasteiger partial charge on any atom is -0.350 e. The summed E-state index contributed by atoms with van der Waals surface area (Å²) < 4.78 is 35.1. The van der Waals surface area contributed by atoms with Crippen molar-refractivity contribution in [3.63, 3.8) is 0 Å². The van der Waals surface area contributed by atoms with Crippen molar-refractivity contribution in [3.8, 4) is 0 Å². The van der Waals surface area contributed by atoms with E-state index in [2.05, 4.69) is 11.3 Å². The van der Waals surface area contributed by atoms with Crippen LogP contribution in [-0.4, -0.2) is 30.5 Å². The van der Waals surface area contributed by atoms with Gasteiger partial charge in [-0.3, -0.25) is 4.99 Å². The lowest BCUT2D eigenvalue weighted by molar-refractivity contribution is -0.136. The van der Waals surface area contributed by atoms with Gasteiger partial charge in [-0.15, -0.1) is 0 Å². The van der Waals surface area contributed by atoms with Crippen molar-refractivity contribution in [2.24, 2.45) is 4.99 Å². The summed E-state index contributed by atoms with van der Waals surface area (Å²) in [6.07, 6.45) is -2.64. The molecule has 1 unspecified atom stereocenters. The van der Waals surface area contributed by atoms with Gasteiger partial charge in [-0.25, -0.2) is 0 Å². The van der Waals surface area contributed by atoms with E-state index in [0.29, 0.717) is 0 Å². The van der Waals surface area contributed by atoms with E-state index in [4.69, 9.17) is 0 Å². The Morgan fingerprint density at radius 1 is 1.64 bits per heavy atom. The number of nitrogens with zero attached hydrogens (tertiary/aromatic N) is 2. The third kappa shape index (κ3) is 2.78. The van der Waals surface area contributed by atoms with Crippen LogP contribution in [0.25, 0.3) is 0 Å². The highest BCUT2D eigenvalue weighted by Gasteiger charge is 2.33. The van der Waals surface area contributed by atoms with Gasteiger partial charge in [-0.2, -0.15) is 13.2 Å². The monoisotopic (exact) mass is 164 g/mol. The summed E-state index contributed by atoms with van der Waals surface area (Å²) in [6, 6.07) is -0.778. The maximum absolute atomic E-state index is 11.7. The lowest BCUT2D eigenvalue weighted by Crippen LogP contribution is -2.19. The van der Waals surface area contributed by atoms with Gasteiger partial charge in [0.15, 0.2) is 6.34 Å². The third-order valence-corrected chi connectivity index (χ3v) is 1.22. The van der Waals surface area contributed by atoms with Crippen molar-refractivity contribution >= 4 is 6.34 Å². The fourth-order valence-corrected chi connectivity index (χ4v) is 0.825. The standard InChI is InChI=1S/C6H7F3N2/c1-11-3-5(10-4-11)2-6(7,8)9/h3,5H,2H2,1H3. The van der Waals surface area contributed by atoms with Crippen LogP contribution in [0.4, 0.5) is 13.2 Å². The molecule has 0 spiro atoms. The predicted octanol–water partition coefficient (Wildman–Crippen LogP) is 1.32. The maximum Gasteiger partial charge on any atom is 0.391 e. The van der Waals surface area contributed by atoms with Crippen LogP contribution >= 0.6 is 0 Å². The third-order valence-electron chi connectivity index (χ3n) is 1.22. The van der Waals surface area contributed by atoms with Gasteiger partial charge in [0, 0.05) is 7.05 Å². The summed E-state index contributed by atoms with van der Waals surface area (Å²) >= 11 is 0. The minimum atomic E-state index is -4.14. The molecule has 0 amide bonds. The molecule has 0 bridgehead atoms. The van der Waals surface area contributed by atoms with E-state index < -0.39 is 18.6 Å². The summed E-state index contributed by atoms with van der Waals surface area (Å²) in [5.74, 6) is 0. The van der Waals surface area contributed by atoms with Crippen LogP contribution in [-0.2, 0) is 0 Å². The Morgan fingerprint density at radius 2 is 2.27 bits per heavy atom. The van der Waals surface area contributed by atoms with Crippen LogP contribution in [0.2, 0.25) is 0 Å². The van der Waals surface area contributed by atoms with Crippen LogP contribution in [0, 0.1) is 6.54 Å². The van der Waals surface area contributed by atoms with Crippen LogP contribution in [0.15, 0.2) is 4.99 Å². The van der Waals surface area contributed by atoms with E-state index >= 15 is 0 Å². The second-order valence-electron chi connectivity index (χ2n) is 2.38. The first kappa shape index (κ1) is 8.36. The molecule has 0 aromatic carbocycles. The number of likely N-dealkylation sites (N-methyl/N-ethyl adjacent to an activating group) is 1. The molecular weight excluding hydrogens is 157 g/mol. The van der Waals surface area contributed by atoms with E-state index in [9.17, 15) is 13.2 Å². The molecular formula is C6H7F3N2. The van der Waals surface area contributed by atoms with E-state index in [1.807, 2.05) is 0 Å².